The Morgan fingerprint density at radius 3 is 2.13 bits per heavy atom. The van der Waals surface area contributed by atoms with E-state index in [1.54, 1.807) is 12.1 Å². The average Bonchev–Trinajstić information content (AvgIpc) is 2.23. The normalized spacial score (nSPS) is 15.1. The van der Waals surface area contributed by atoms with E-state index in [2.05, 4.69) is 0 Å². The van der Waals surface area contributed by atoms with Crippen LogP contribution in [0.2, 0.25) is 0 Å². The fraction of sp³-hybridized carbons (Fsp3) is 0. The number of allylic oxidation sites excluding steroid dienone is 1. The van der Waals surface area contributed by atoms with E-state index < -0.39 is 22.3 Å². The molecule has 0 bridgehead atoms. The van der Waals surface area contributed by atoms with Crippen LogP contribution in [0.3, 0.4) is 0 Å². The Kier molecular flexibility index (Phi) is 2.24. The fourth-order valence-electron chi connectivity index (χ4n) is 1.46. The van der Waals surface area contributed by atoms with E-state index in [1.165, 1.54) is 12.1 Å². The first kappa shape index (κ1) is 9.79. The number of hydrogen-bond donors (Lipinski definition) is 1. The maximum Gasteiger partial charge on any atom is 0.233 e. The number of carbonyl (C=O) groups excluding carboxylic acids is 2. The van der Waals surface area contributed by atoms with Crippen molar-refractivity contribution in [2.24, 2.45) is 0 Å². The Morgan fingerprint density at radius 1 is 0.933 bits per heavy atom. The lowest BCUT2D eigenvalue weighted by molar-refractivity contribution is -0.110. The molecule has 0 amide bonds. The molecule has 4 nitrogen and oxygen atoms in total. The van der Waals surface area contributed by atoms with Crippen molar-refractivity contribution in [1.82, 2.24) is 0 Å². The van der Waals surface area contributed by atoms with Gasteiger partial charge in [-0.05, 0) is 0 Å². The van der Waals surface area contributed by atoms with Crippen molar-refractivity contribution in [2.45, 2.75) is 0 Å². The van der Waals surface area contributed by atoms with Crippen molar-refractivity contribution in [2.75, 3.05) is 0 Å². The molecule has 1 aromatic rings. The van der Waals surface area contributed by atoms with Crippen molar-refractivity contribution in [1.29, 1.82) is 0 Å². The van der Waals surface area contributed by atoms with Gasteiger partial charge in [0.05, 0.1) is 4.91 Å². The summed E-state index contributed by atoms with van der Waals surface area (Å²) in [7, 11) is -2.86. The number of hydrogen-bond acceptors (Lipinski definition) is 4. The summed E-state index contributed by atoms with van der Waals surface area (Å²) in [5, 5.41) is 0. The number of carbonyl (C=O) groups is 2. The number of fused-ring (bicyclic) bond motifs is 1. The molecular weight excluding hydrogens is 216 g/mol. The van der Waals surface area contributed by atoms with Gasteiger partial charge in [-0.25, -0.2) is 8.42 Å². The van der Waals surface area contributed by atoms with Crippen molar-refractivity contribution in [3.63, 3.8) is 0 Å². The predicted molar refractivity (Wildman–Crippen MR) is 54.1 cm³/mol. The van der Waals surface area contributed by atoms with Gasteiger partial charge < -0.3 is 0 Å². The van der Waals surface area contributed by atoms with E-state index in [1.807, 2.05) is 0 Å². The monoisotopic (exact) mass is 222 g/mol. The van der Waals surface area contributed by atoms with Gasteiger partial charge in [-0.3, -0.25) is 9.59 Å². The highest BCUT2D eigenvalue weighted by Crippen LogP contribution is 2.24. The molecule has 0 saturated heterocycles. The van der Waals surface area contributed by atoms with Crippen LogP contribution in [-0.4, -0.2) is 20.0 Å². The number of benzene rings is 1. The van der Waals surface area contributed by atoms with Crippen LogP contribution < -0.4 is 0 Å². The van der Waals surface area contributed by atoms with Crippen molar-refractivity contribution in [3.05, 3.63) is 41.5 Å². The van der Waals surface area contributed by atoms with E-state index in [9.17, 15) is 18.0 Å². The van der Waals surface area contributed by atoms with E-state index in [4.69, 9.17) is 0 Å². The van der Waals surface area contributed by atoms with Gasteiger partial charge in [-0.1, -0.05) is 24.3 Å². The summed E-state index contributed by atoms with van der Waals surface area (Å²) in [5.74, 6) is -1.45. The zero-order chi connectivity index (χ0) is 11.0. The van der Waals surface area contributed by atoms with Crippen LogP contribution >= 0.6 is 0 Å². The number of ketones is 2. The number of Topliss-reactive ketones (excluding diaryl/α,β-unsaturated/α-hetero) is 1. The first-order chi connectivity index (χ1) is 7.11. The zero-order valence-electron chi connectivity index (χ0n) is 7.47. The predicted octanol–water partition coefficient (Wildman–Crippen LogP) is 0.404. The minimum Gasteiger partial charge on any atom is -0.286 e. The molecule has 0 fully saturated rings. The first-order valence-electron chi connectivity index (χ1n) is 4.15. The van der Waals surface area contributed by atoms with Crippen LogP contribution in [0.1, 0.15) is 15.9 Å². The van der Waals surface area contributed by atoms with Crippen molar-refractivity contribution < 1.29 is 18.0 Å². The second-order valence-corrected chi connectivity index (χ2v) is 4.02. The largest absolute Gasteiger partial charge is 0.286 e. The maximum atomic E-state index is 11.4. The standard InChI is InChI=1S/C10H6O4S/c11-8-5-9(15(13)14)6-3-1-2-4-7(6)10(8)12/h1-5,15H. The minimum absolute atomic E-state index is 0.0924. The Balaban J connectivity index is 2.77. The van der Waals surface area contributed by atoms with Gasteiger partial charge in [0, 0.05) is 17.2 Å². The Morgan fingerprint density at radius 2 is 1.53 bits per heavy atom. The molecule has 1 aromatic carbocycles. The highest BCUT2D eigenvalue weighted by molar-refractivity contribution is 7.83. The van der Waals surface area contributed by atoms with Crippen LogP contribution in [0.4, 0.5) is 0 Å². The third-order valence-electron chi connectivity index (χ3n) is 2.14. The van der Waals surface area contributed by atoms with Crippen molar-refractivity contribution in [3.8, 4) is 0 Å². The Labute approximate surface area is 87.2 Å². The average molecular weight is 222 g/mol. The van der Waals surface area contributed by atoms with Crippen molar-refractivity contribution >= 4 is 27.2 Å². The van der Waals surface area contributed by atoms with Gasteiger partial charge in [0.25, 0.3) is 0 Å². The highest BCUT2D eigenvalue weighted by Gasteiger charge is 2.26. The van der Waals surface area contributed by atoms with Crippen LogP contribution in [0.25, 0.3) is 4.91 Å². The lowest BCUT2D eigenvalue weighted by atomic mass is 9.95. The molecule has 0 atom stereocenters. The molecular formula is C10H6O4S. The summed E-state index contributed by atoms with van der Waals surface area (Å²) in [6.45, 7) is 0. The highest BCUT2D eigenvalue weighted by atomic mass is 32.2. The summed E-state index contributed by atoms with van der Waals surface area (Å²) in [6.07, 6.45) is 0.871. The van der Waals surface area contributed by atoms with Gasteiger partial charge in [-0.2, -0.15) is 0 Å². The SMILES string of the molecule is O=C1C=C([SH](=O)=O)c2ccccc2C1=O. The third kappa shape index (κ3) is 1.50. The lowest BCUT2D eigenvalue weighted by Crippen LogP contribution is -2.18. The summed E-state index contributed by atoms with van der Waals surface area (Å²) < 4.78 is 21.7. The topological polar surface area (TPSA) is 68.3 Å². The Hall–Kier alpha value is -1.75. The molecule has 15 heavy (non-hydrogen) atoms. The van der Waals surface area contributed by atoms with Crippen LogP contribution in [0.5, 0.6) is 0 Å². The second-order valence-electron chi connectivity index (χ2n) is 3.03. The lowest BCUT2D eigenvalue weighted by Gasteiger charge is -2.10. The van der Waals surface area contributed by atoms with Gasteiger partial charge in [0.1, 0.15) is 0 Å². The molecule has 0 heterocycles. The van der Waals surface area contributed by atoms with E-state index >= 15 is 0 Å². The molecule has 76 valence electrons. The first-order valence-corrected chi connectivity index (χ1v) is 5.33. The van der Waals surface area contributed by atoms with E-state index in [-0.39, 0.29) is 10.5 Å². The number of thiol groups is 1. The third-order valence-corrected chi connectivity index (χ3v) is 2.90. The van der Waals surface area contributed by atoms with Crippen LogP contribution in [0.15, 0.2) is 30.3 Å². The molecule has 0 aromatic heterocycles. The molecule has 5 heteroatoms. The molecule has 2 rings (SSSR count). The molecule has 0 N–H and O–H groups in total. The molecule has 0 saturated carbocycles. The van der Waals surface area contributed by atoms with E-state index in [0.717, 1.165) is 6.08 Å². The second kappa shape index (κ2) is 3.43. The van der Waals surface area contributed by atoms with E-state index in [0.29, 0.717) is 5.56 Å². The van der Waals surface area contributed by atoms with Crippen LogP contribution in [0, 0.1) is 0 Å². The Bertz CT molecular complexity index is 559. The number of rotatable bonds is 1. The molecule has 0 aliphatic heterocycles. The summed E-state index contributed by atoms with van der Waals surface area (Å²) in [4.78, 5) is 22.5. The van der Waals surface area contributed by atoms with Gasteiger partial charge in [-0.15, -0.1) is 0 Å². The summed E-state index contributed by atoms with van der Waals surface area (Å²) in [6, 6.07) is 6.16. The minimum atomic E-state index is -2.86. The fourth-order valence-corrected chi connectivity index (χ4v) is 2.07. The van der Waals surface area contributed by atoms with Gasteiger partial charge >= 0.3 is 0 Å². The smallest absolute Gasteiger partial charge is 0.233 e. The molecule has 0 unspecified atom stereocenters. The van der Waals surface area contributed by atoms with Gasteiger partial charge in [0.2, 0.25) is 11.6 Å². The molecule has 0 spiro atoms. The summed E-state index contributed by atoms with van der Waals surface area (Å²) >= 11 is 0. The molecule has 0 radical (unpaired) electrons. The molecule has 1 aliphatic rings. The van der Waals surface area contributed by atoms with Gasteiger partial charge in [0.15, 0.2) is 10.7 Å². The van der Waals surface area contributed by atoms with Crippen LogP contribution in [-0.2, 0) is 15.5 Å². The molecule has 1 aliphatic carbocycles. The maximum absolute atomic E-state index is 11.4. The summed E-state index contributed by atoms with van der Waals surface area (Å²) in [5.41, 5.74) is 0.456. The zero-order valence-corrected chi connectivity index (χ0v) is 8.36. The quantitative estimate of drug-likeness (QED) is 0.551.